The Hall–Kier alpha value is -1.37. The van der Waals surface area contributed by atoms with Crippen molar-refractivity contribution in [3.05, 3.63) is 34.6 Å². The van der Waals surface area contributed by atoms with E-state index >= 15 is 0 Å². The third-order valence-corrected chi connectivity index (χ3v) is 6.12. The quantitative estimate of drug-likeness (QED) is 0.724. The Balaban J connectivity index is 1.57. The number of rotatable bonds is 5. The lowest BCUT2D eigenvalue weighted by atomic mass is 10.1. The van der Waals surface area contributed by atoms with Crippen LogP contribution in [0, 0.1) is 13.8 Å². The number of aryl methyl sites for hydroxylation is 2. The second kappa shape index (κ2) is 7.89. The van der Waals surface area contributed by atoms with E-state index in [1.165, 1.54) is 10.6 Å². The van der Waals surface area contributed by atoms with Crippen molar-refractivity contribution in [2.24, 2.45) is 7.05 Å². The van der Waals surface area contributed by atoms with E-state index in [1.807, 2.05) is 35.8 Å². The number of nitrogens with zero attached hydrogens (tertiary/aromatic N) is 3. The van der Waals surface area contributed by atoms with Gasteiger partial charge in [-0.15, -0.1) is 0 Å². The lowest BCUT2D eigenvalue weighted by molar-refractivity contribution is 0.134. The summed E-state index contributed by atoms with van der Waals surface area (Å²) in [6, 6.07) is 5.50. The number of benzene rings is 1. The molecule has 1 aliphatic rings. The highest BCUT2D eigenvalue weighted by molar-refractivity contribution is 7.97. The van der Waals surface area contributed by atoms with E-state index in [-0.39, 0.29) is 6.10 Å². The zero-order valence-corrected chi connectivity index (χ0v) is 16.7. The van der Waals surface area contributed by atoms with Crippen molar-refractivity contribution in [1.29, 1.82) is 0 Å². The highest BCUT2D eigenvalue weighted by Gasteiger charge is 2.24. The number of piperidine rings is 1. The SMILES string of the molecule is COc1cc(Cl)ccc1OC1CCN(Sc2c(C)nn(C)c2C)CC1. The Morgan fingerprint density at radius 1 is 1.20 bits per heavy atom. The largest absolute Gasteiger partial charge is 0.493 e. The number of hydrogen-bond donors (Lipinski definition) is 0. The minimum atomic E-state index is 0.197. The topological polar surface area (TPSA) is 39.5 Å². The Morgan fingerprint density at radius 3 is 2.52 bits per heavy atom. The lowest BCUT2D eigenvalue weighted by Gasteiger charge is -2.31. The standard InChI is InChI=1S/C18H24ClN3O2S/c1-12-18(13(2)21(3)20-12)25-22-9-7-15(8-10-22)24-16-6-5-14(19)11-17(16)23-4/h5-6,11,15H,7-10H2,1-4H3. The third kappa shape index (κ3) is 4.25. The molecule has 136 valence electrons. The zero-order valence-electron chi connectivity index (χ0n) is 15.1. The first kappa shape index (κ1) is 18.4. The van der Waals surface area contributed by atoms with Gasteiger partial charge in [-0.05, 0) is 50.8 Å². The number of methoxy groups -OCH3 is 1. The average Bonchev–Trinajstić information content (AvgIpc) is 2.84. The minimum Gasteiger partial charge on any atom is -0.493 e. The van der Waals surface area contributed by atoms with Gasteiger partial charge in [-0.2, -0.15) is 5.10 Å². The molecule has 1 aromatic carbocycles. The molecule has 0 N–H and O–H groups in total. The molecule has 7 heteroatoms. The van der Waals surface area contributed by atoms with Gasteiger partial charge in [0, 0.05) is 31.2 Å². The maximum absolute atomic E-state index is 6.15. The van der Waals surface area contributed by atoms with Gasteiger partial charge in [0.2, 0.25) is 0 Å². The van der Waals surface area contributed by atoms with Gasteiger partial charge in [0.1, 0.15) is 6.10 Å². The molecule has 5 nitrogen and oxygen atoms in total. The van der Waals surface area contributed by atoms with E-state index in [0.717, 1.165) is 37.4 Å². The second-order valence-electron chi connectivity index (χ2n) is 6.26. The third-order valence-electron chi connectivity index (χ3n) is 4.48. The van der Waals surface area contributed by atoms with Crippen LogP contribution in [0.15, 0.2) is 23.1 Å². The second-order valence-corrected chi connectivity index (χ2v) is 7.80. The fourth-order valence-electron chi connectivity index (χ4n) is 2.97. The molecule has 0 aliphatic carbocycles. The van der Waals surface area contributed by atoms with Gasteiger partial charge in [0.15, 0.2) is 11.5 Å². The van der Waals surface area contributed by atoms with Crippen LogP contribution >= 0.6 is 23.5 Å². The van der Waals surface area contributed by atoms with Gasteiger partial charge < -0.3 is 9.47 Å². The summed E-state index contributed by atoms with van der Waals surface area (Å²) >= 11 is 7.82. The van der Waals surface area contributed by atoms with Gasteiger partial charge in [0.05, 0.1) is 23.4 Å². The monoisotopic (exact) mass is 381 g/mol. The molecule has 0 saturated carbocycles. The Bertz CT molecular complexity index is 742. The van der Waals surface area contributed by atoms with Crippen LogP contribution in [-0.4, -0.2) is 40.4 Å². The highest BCUT2D eigenvalue weighted by Crippen LogP contribution is 2.34. The summed E-state index contributed by atoms with van der Waals surface area (Å²) in [4.78, 5) is 1.27. The summed E-state index contributed by atoms with van der Waals surface area (Å²) in [5.74, 6) is 1.45. The molecule has 0 radical (unpaired) electrons. The highest BCUT2D eigenvalue weighted by atomic mass is 35.5. The van der Waals surface area contributed by atoms with Crippen molar-refractivity contribution in [3.8, 4) is 11.5 Å². The first-order valence-corrected chi connectivity index (χ1v) is 9.56. The lowest BCUT2D eigenvalue weighted by Crippen LogP contribution is -2.34. The number of halogens is 1. The summed E-state index contributed by atoms with van der Waals surface area (Å²) in [7, 11) is 3.63. The van der Waals surface area contributed by atoms with Crippen molar-refractivity contribution in [1.82, 2.24) is 14.1 Å². The summed E-state index contributed by atoms with van der Waals surface area (Å²) in [6.45, 7) is 6.15. The van der Waals surface area contributed by atoms with E-state index in [1.54, 1.807) is 13.2 Å². The summed E-state index contributed by atoms with van der Waals surface area (Å²) in [5, 5.41) is 5.14. The molecule has 2 heterocycles. The molecule has 25 heavy (non-hydrogen) atoms. The molecule has 1 aliphatic heterocycles. The molecule has 0 bridgehead atoms. The van der Waals surface area contributed by atoms with Crippen LogP contribution in [0.25, 0.3) is 0 Å². The predicted molar refractivity (Wildman–Crippen MR) is 102 cm³/mol. The van der Waals surface area contributed by atoms with E-state index in [2.05, 4.69) is 23.3 Å². The first-order chi connectivity index (χ1) is 12.0. The van der Waals surface area contributed by atoms with E-state index in [9.17, 15) is 0 Å². The van der Waals surface area contributed by atoms with Gasteiger partial charge in [0.25, 0.3) is 0 Å². The Kier molecular flexibility index (Phi) is 5.81. The minimum absolute atomic E-state index is 0.197. The zero-order chi connectivity index (χ0) is 18.0. The number of aromatic nitrogens is 2. The van der Waals surface area contributed by atoms with Crippen LogP contribution in [0.3, 0.4) is 0 Å². The average molecular weight is 382 g/mol. The number of ether oxygens (including phenoxy) is 2. The fraction of sp³-hybridized carbons (Fsp3) is 0.500. The fourth-order valence-corrected chi connectivity index (χ4v) is 4.23. The summed E-state index contributed by atoms with van der Waals surface area (Å²) in [6.07, 6.45) is 2.16. The van der Waals surface area contributed by atoms with Gasteiger partial charge in [-0.1, -0.05) is 11.6 Å². The molecular formula is C18H24ClN3O2S. The predicted octanol–water partition coefficient (Wildman–Crippen LogP) is 4.25. The Morgan fingerprint density at radius 2 is 1.92 bits per heavy atom. The molecule has 3 rings (SSSR count). The normalized spacial score (nSPS) is 16.2. The van der Waals surface area contributed by atoms with E-state index in [0.29, 0.717) is 10.8 Å². The molecule has 0 amide bonds. The maximum atomic E-state index is 6.15. The first-order valence-electron chi connectivity index (χ1n) is 8.41. The van der Waals surface area contributed by atoms with Crippen LogP contribution in [0.4, 0.5) is 0 Å². The Labute approximate surface area is 158 Å². The van der Waals surface area contributed by atoms with Crippen LogP contribution in [0.1, 0.15) is 24.2 Å². The smallest absolute Gasteiger partial charge is 0.162 e. The summed E-state index contributed by atoms with van der Waals surface area (Å²) < 4.78 is 15.9. The van der Waals surface area contributed by atoms with Crippen molar-refractivity contribution >= 4 is 23.5 Å². The number of hydrogen-bond acceptors (Lipinski definition) is 5. The molecule has 1 saturated heterocycles. The van der Waals surface area contributed by atoms with Crippen molar-refractivity contribution in [3.63, 3.8) is 0 Å². The molecule has 0 atom stereocenters. The van der Waals surface area contributed by atoms with Crippen LogP contribution in [-0.2, 0) is 7.05 Å². The van der Waals surface area contributed by atoms with E-state index in [4.69, 9.17) is 21.1 Å². The van der Waals surface area contributed by atoms with Crippen molar-refractivity contribution in [2.75, 3.05) is 20.2 Å². The van der Waals surface area contributed by atoms with Gasteiger partial charge >= 0.3 is 0 Å². The summed E-state index contributed by atoms with van der Waals surface area (Å²) in [5.41, 5.74) is 2.31. The van der Waals surface area contributed by atoms with Gasteiger partial charge in [-0.25, -0.2) is 4.31 Å². The molecule has 0 spiro atoms. The van der Waals surface area contributed by atoms with Crippen molar-refractivity contribution < 1.29 is 9.47 Å². The molecule has 1 aromatic heterocycles. The molecule has 1 fully saturated rings. The van der Waals surface area contributed by atoms with Crippen LogP contribution in [0.5, 0.6) is 11.5 Å². The molecular weight excluding hydrogens is 358 g/mol. The van der Waals surface area contributed by atoms with Crippen LogP contribution in [0.2, 0.25) is 5.02 Å². The van der Waals surface area contributed by atoms with Crippen molar-refractivity contribution in [2.45, 2.75) is 37.7 Å². The van der Waals surface area contributed by atoms with Gasteiger partial charge in [-0.3, -0.25) is 4.68 Å². The maximum Gasteiger partial charge on any atom is 0.162 e. The van der Waals surface area contributed by atoms with Crippen LogP contribution < -0.4 is 9.47 Å². The molecule has 0 unspecified atom stereocenters. The van der Waals surface area contributed by atoms with E-state index < -0.39 is 0 Å². The molecule has 2 aromatic rings.